The second-order valence-electron chi connectivity index (χ2n) is 3.79. The molecule has 1 N–H and O–H groups in total. The summed E-state index contributed by atoms with van der Waals surface area (Å²) in [6, 6.07) is 13.9. The number of halogens is 1. The minimum Gasteiger partial charge on any atom is -0.280 e. The zero-order chi connectivity index (χ0) is 13.9. The molecule has 2 aromatic carbocycles. The summed E-state index contributed by atoms with van der Waals surface area (Å²) in [6.45, 7) is 0. The Bertz CT molecular complexity index is 669. The largest absolute Gasteiger partial charge is 0.280 e. The number of thioether (sulfide) groups is 1. The highest BCUT2D eigenvalue weighted by Gasteiger charge is 2.14. The van der Waals surface area contributed by atoms with Crippen molar-refractivity contribution in [2.24, 2.45) is 0 Å². The Morgan fingerprint density at radius 2 is 1.79 bits per heavy atom. The van der Waals surface area contributed by atoms with Crippen molar-refractivity contribution in [3.63, 3.8) is 0 Å². The fourth-order valence-corrected chi connectivity index (χ4v) is 3.57. The second kappa shape index (κ2) is 5.98. The highest BCUT2D eigenvalue weighted by atomic mass is 79.9. The minimum absolute atomic E-state index is 0.232. The van der Waals surface area contributed by atoms with E-state index < -0.39 is 10.0 Å². The van der Waals surface area contributed by atoms with Crippen LogP contribution >= 0.6 is 27.7 Å². The molecule has 3 nitrogen and oxygen atoms in total. The number of benzene rings is 2. The fraction of sp³-hybridized carbons (Fsp3) is 0.0769. The third-order valence-corrected chi connectivity index (χ3v) is 5.06. The Morgan fingerprint density at radius 1 is 1.11 bits per heavy atom. The topological polar surface area (TPSA) is 46.2 Å². The molecule has 0 fully saturated rings. The van der Waals surface area contributed by atoms with Crippen LogP contribution in [0.3, 0.4) is 0 Å². The van der Waals surface area contributed by atoms with Crippen LogP contribution in [0.15, 0.2) is 62.8 Å². The fourth-order valence-electron chi connectivity index (χ4n) is 1.51. The molecule has 100 valence electrons. The first-order chi connectivity index (χ1) is 9.01. The first kappa shape index (κ1) is 14.4. The van der Waals surface area contributed by atoms with E-state index in [2.05, 4.69) is 20.7 Å². The van der Waals surface area contributed by atoms with Crippen LogP contribution in [-0.2, 0) is 10.0 Å². The molecule has 19 heavy (non-hydrogen) atoms. The average Bonchev–Trinajstić information content (AvgIpc) is 2.39. The molecule has 2 rings (SSSR count). The van der Waals surface area contributed by atoms with Crippen LogP contribution < -0.4 is 4.72 Å². The SMILES string of the molecule is CSc1ccc(NS(=O)(=O)c2cccc(Br)c2)cc1. The third kappa shape index (κ3) is 3.75. The molecule has 0 saturated carbocycles. The van der Waals surface area contributed by atoms with Crippen LogP contribution in [0.25, 0.3) is 0 Å². The van der Waals surface area contributed by atoms with E-state index >= 15 is 0 Å². The normalized spacial score (nSPS) is 11.3. The smallest absolute Gasteiger partial charge is 0.261 e. The predicted molar refractivity (Wildman–Crippen MR) is 83.2 cm³/mol. The van der Waals surface area contributed by atoms with Gasteiger partial charge in [0, 0.05) is 15.1 Å². The Balaban J connectivity index is 2.25. The van der Waals surface area contributed by atoms with E-state index in [9.17, 15) is 8.42 Å². The maximum absolute atomic E-state index is 12.2. The summed E-state index contributed by atoms with van der Waals surface area (Å²) < 4.78 is 27.6. The lowest BCUT2D eigenvalue weighted by atomic mass is 10.3. The maximum atomic E-state index is 12.2. The van der Waals surface area contributed by atoms with Gasteiger partial charge in [0.25, 0.3) is 10.0 Å². The maximum Gasteiger partial charge on any atom is 0.261 e. The van der Waals surface area contributed by atoms with Crippen LogP contribution in [0, 0.1) is 0 Å². The lowest BCUT2D eigenvalue weighted by Crippen LogP contribution is -2.12. The molecule has 0 aliphatic heterocycles. The van der Waals surface area contributed by atoms with Crippen molar-refractivity contribution in [1.82, 2.24) is 0 Å². The number of anilines is 1. The molecule has 0 bridgehead atoms. The van der Waals surface area contributed by atoms with Gasteiger partial charge in [-0.25, -0.2) is 8.42 Å². The minimum atomic E-state index is -3.54. The quantitative estimate of drug-likeness (QED) is 0.842. The highest BCUT2D eigenvalue weighted by Crippen LogP contribution is 2.21. The lowest BCUT2D eigenvalue weighted by Gasteiger charge is -2.08. The molecule has 2 aromatic rings. The van der Waals surface area contributed by atoms with Gasteiger partial charge in [-0.15, -0.1) is 11.8 Å². The molecule has 0 aliphatic carbocycles. The lowest BCUT2D eigenvalue weighted by molar-refractivity contribution is 0.601. The van der Waals surface area contributed by atoms with E-state index in [1.54, 1.807) is 48.2 Å². The van der Waals surface area contributed by atoms with Crippen LogP contribution in [-0.4, -0.2) is 14.7 Å². The van der Waals surface area contributed by atoms with Crippen molar-refractivity contribution in [2.75, 3.05) is 11.0 Å². The van der Waals surface area contributed by atoms with Gasteiger partial charge >= 0.3 is 0 Å². The number of hydrogen-bond acceptors (Lipinski definition) is 3. The van der Waals surface area contributed by atoms with Gasteiger partial charge in [0.2, 0.25) is 0 Å². The summed E-state index contributed by atoms with van der Waals surface area (Å²) in [5.41, 5.74) is 0.553. The van der Waals surface area contributed by atoms with Crippen LogP contribution in [0.1, 0.15) is 0 Å². The predicted octanol–water partition coefficient (Wildman–Crippen LogP) is 3.97. The summed E-state index contributed by atoms with van der Waals surface area (Å²) in [6.07, 6.45) is 1.97. The average molecular weight is 358 g/mol. The van der Waals surface area contributed by atoms with Gasteiger partial charge in [0.05, 0.1) is 4.90 Å². The van der Waals surface area contributed by atoms with Crippen LogP contribution in [0.2, 0.25) is 0 Å². The van der Waals surface area contributed by atoms with Gasteiger partial charge in [-0.2, -0.15) is 0 Å². The highest BCUT2D eigenvalue weighted by molar-refractivity contribution is 9.10. The summed E-state index contributed by atoms with van der Waals surface area (Å²) in [4.78, 5) is 1.32. The van der Waals surface area contributed by atoms with E-state index in [0.29, 0.717) is 5.69 Å². The van der Waals surface area contributed by atoms with Gasteiger partial charge < -0.3 is 0 Å². The number of hydrogen-bond donors (Lipinski definition) is 1. The standard InChI is InChI=1S/C13H12BrNO2S2/c1-18-12-7-5-11(6-8-12)15-19(16,17)13-4-2-3-10(14)9-13/h2-9,15H,1H3. The summed E-state index contributed by atoms with van der Waals surface area (Å²) in [5.74, 6) is 0. The summed E-state index contributed by atoms with van der Waals surface area (Å²) in [5, 5.41) is 0. The van der Waals surface area contributed by atoms with Crippen molar-refractivity contribution in [3.05, 3.63) is 53.0 Å². The first-order valence-corrected chi connectivity index (χ1v) is 8.94. The Kier molecular flexibility index (Phi) is 4.54. The van der Waals surface area contributed by atoms with Crippen molar-refractivity contribution in [1.29, 1.82) is 0 Å². The molecular formula is C13H12BrNO2S2. The van der Waals surface area contributed by atoms with Crippen LogP contribution in [0.4, 0.5) is 5.69 Å². The van der Waals surface area contributed by atoms with E-state index in [0.717, 1.165) is 9.37 Å². The molecule has 0 saturated heterocycles. The zero-order valence-electron chi connectivity index (χ0n) is 10.1. The molecule has 0 aromatic heterocycles. The van der Waals surface area contributed by atoms with E-state index in [1.807, 2.05) is 18.4 Å². The van der Waals surface area contributed by atoms with E-state index in [4.69, 9.17) is 0 Å². The van der Waals surface area contributed by atoms with Crippen molar-refractivity contribution >= 4 is 43.4 Å². The molecule has 0 amide bonds. The van der Waals surface area contributed by atoms with Gasteiger partial charge in [-0.3, -0.25) is 4.72 Å². The van der Waals surface area contributed by atoms with Gasteiger partial charge in [-0.1, -0.05) is 22.0 Å². The van der Waals surface area contributed by atoms with Gasteiger partial charge in [-0.05, 0) is 48.7 Å². The number of nitrogens with one attached hydrogen (secondary N) is 1. The number of sulfonamides is 1. The zero-order valence-corrected chi connectivity index (χ0v) is 13.3. The molecule has 0 atom stereocenters. The van der Waals surface area contributed by atoms with Gasteiger partial charge in [0.15, 0.2) is 0 Å². The monoisotopic (exact) mass is 357 g/mol. The molecule has 0 spiro atoms. The summed E-state index contributed by atoms with van der Waals surface area (Å²) in [7, 11) is -3.54. The molecule has 0 unspecified atom stereocenters. The van der Waals surface area contributed by atoms with E-state index in [1.165, 1.54) is 0 Å². The van der Waals surface area contributed by atoms with E-state index in [-0.39, 0.29) is 4.90 Å². The molecule has 0 heterocycles. The van der Waals surface area contributed by atoms with Crippen molar-refractivity contribution in [3.8, 4) is 0 Å². The molecular weight excluding hydrogens is 346 g/mol. The molecule has 6 heteroatoms. The van der Waals surface area contributed by atoms with Crippen molar-refractivity contribution < 1.29 is 8.42 Å². The number of rotatable bonds is 4. The Labute approximate surface area is 125 Å². The molecule has 0 aliphatic rings. The first-order valence-electron chi connectivity index (χ1n) is 5.44. The van der Waals surface area contributed by atoms with Crippen LogP contribution in [0.5, 0.6) is 0 Å². The summed E-state index contributed by atoms with van der Waals surface area (Å²) >= 11 is 4.87. The molecule has 0 radical (unpaired) electrons. The second-order valence-corrected chi connectivity index (χ2v) is 7.27. The Morgan fingerprint density at radius 3 is 2.37 bits per heavy atom. The van der Waals surface area contributed by atoms with Crippen molar-refractivity contribution in [2.45, 2.75) is 9.79 Å². The third-order valence-electron chi connectivity index (χ3n) is 2.45. The van der Waals surface area contributed by atoms with Gasteiger partial charge in [0.1, 0.15) is 0 Å². The Hall–Kier alpha value is -0.980.